The van der Waals surface area contributed by atoms with Crippen molar-refractivity contribution in [2.75, 3.05) is 6.54 Å². The quantitative estimate of drug-likeness (QED) is 0.772. The van der Waals surface area contributed by atoms with Crippen LogP contribution < -0.4 is 5.73 Å². The van der Waals surface area contributed by atoms with Crippen molar-refractivity contribution in [3.8, 4) is 11.3 Å². The predicted molar refractivity (Wildman–Crippen MR) is 98.7 cm³/mol. The standard InChI is InChI=1S/C21H23N3/c22-14-15-5-7-17(8-6-15)21-23-12-11-20(24-21)19-10-9-16-3-1-2-4-18(16)13-19/h1-4,9-13,15,17H,5-8,14,22H2/t15-,17+. The van der Waals surface area contributed by atoms with Crippen molar-refractivity contribution in [3.63, 3.8) is 0 Å². The summed E-state index contributed by atoms with van der Waals surface area (Å²) < 4.78 is 0. The summed E-state index contributed by atoms with van der Waals surface area (Å²) in [5.41, 5.74) is 7.98. The normalized spacial score (nSPS) is 21.0. The minimum atomic E-state index is 0.480. The number of nitrogens with zero attached hydrogens (tertiary/aromatic N) is 2. The molecule has 1 aliphatic rings. The number of hydrogen-bond acceptors (Lipinski definition) is 3. The molecule has 3 heteroatoms. The molecular weight excluding hydrogens is 294 g/mol. The van der Waals surface area contributed by atoms with Crippen LogP contribution in [0.15, 0.2) is 54.7 Å². The molecule has 3 aromatic rings. The van der Waals surface area contributed by atoms with Crippen molar-refractivity contribution in [2.45, 2.75) is 31.6 Å². The fourth-order valence-electron chi connectivity index (χ4n) is 3.74. The molecule has 24 heavy (non-hydrogen) atoms. The van der Waals surface area contributed by atoms with E-state index in [1.807, 2.05) is 12.3 Å². The van der Waals surface area contributed by atoms with E-state index in [2.05, 4.69) is 47.4 Å². The average Bonchev–Trinajstić information content (AvgIpc) is 2.68. The summed E-state index contributed by atoms with van der Waals surface area (Å²) in [6, 6.07) is 17.0. The van der Waals surface area contributed by atoms with E-state index in [1.54, 1.807) is 0 Å². The number of aromatic nitrogens is 2. The molecule has 1 aromatic heterocycles. The van der Waals surface area contributed by atoms with Gasteiger partial charge in [-0.25, -0.2) is 9.97 Å². The number of nitrogens with two attached hydrogens (primary N) is 1. The van der Waals surface area contributed by atoms with Crippen molar-refractivity contribution < 1.29 is 0 Å². The van der Waals surface area contributed by atoms with E-state index in [4.69, 9.17) is 10.7 Å². The first-order valence-electron chi connectivity index (χ1n) is 8.85. The Labute approximate surface area is 142 Å². The highest BCUT2D eigenvalue weighted by Gasteiger charge is 2.23. The highest BCUT2D eigenvalue weighted by Crippen LogP contribution is 2.34. The summed E-state index contributed by atoms with van der Waals surface area (Å²) in [5.74, 6) is 2.16. The minimum absolute atomic E-state index is 0.480. The maximum Gasteiger partial charge on any atom is 0.132 e. The number of benzene rings is 2. The lowest BCUT2D eigenvalue weighted by atomic mass is 9.81. The zero-order chi connectivity index (χ0) is 16.4. The Morgan fingerprint density at radius 1 is 0.917 bits per heavy atom. The molecule has 0 bridgehead atoms. The highest BCUT2D eigenvalue weighted by molar-refractivity contribution is 5.86. The molecule has 0 saturated heterocycles. The maximum atomic E-state index is 5.80. The Bertz CT molecular complexity index is 835. The molecule has 0 atom stereocenters. The van der Waals surface area contributed by atoms with Gasteiger partial charge in [0.15, 0.2) is 0 Å². The lowest BCUT2D eigenvalue weighted by Gasteiger charge is -2.26. The van der Waals surface area contributed by atoms with Crippen LogP contribution in [0.3, 0.4) is 0 Å². The van der Waals surface area contributed by atoms with Crippen LogP contribution >= 0.6 is 0 Å². The van der Waals surface area contributed by atoms with Gasteiger partial charge in [-0.2, -0.15) is 0 Å². The Balaban J connectivity index is 1.62. The van der Waals surface area contributed by atoms with E-state index in [0.717, 1.165) is 36.5 Å². The van der Waals surface area contributed by atoms with Crippen LogP contribution in [0, 0.1) is 5.92 Å². The van der Waals surface area contributed by atoms with Crippen molar-refractivity contribution in [2.24, 2.45) is 11.7 Å². The molecule has 3 nitrogen and oxygen atoms in total. The highest BCUT2D eigenvalue weighted by atomic mass is 14.9. The Hall–Kier alpha value is -2.26. The van der Waals surface area contributed by atoms with Gasteiger partial charge in [0.1, 0.15) is 5.82 Å². The van der Waals surface area contributed by atoms with Gasteiger partial charge < -0.3 is 5.73 Å². The number of hydrogen-bond donors (Lipinski definition) is 1. The molecule has 122 valence electrons. The molecule has 4 rings (SSSR count). The van der Waals surface area contributed by atoms with Gasteiger partial charge in [0, 0.05) is 17.7 Å². The Kier molecular flexibility index (Phi) is 4.26. The minimum Gasteiger partial charge on any atom is -0.330 e. The largest absolute Gasteiger partial charge is 0.330 e. The summed E-state index contributed by atoms with van der Waals surface area (Å²) in [4.78, 5) is 9.44. The van der Waals surface area contributed by atoms with Crippen molar-refractivity contribution in [1.82, 2.24) is 9.97 Å². The van der Waals surface area contributed by atoms with Crippen LogP contribution in [0.25, 0.3) is 22.0 Å². The van der Waals surface area contributed by atoms with Gasteiger partial charge in [0.2, 0.25) is 0 Å². The summed E-state index contributed by atoms with van der Waals surface area (Å²) >= 11 is 0. The number of rotatable bonds is 3. The van der Waals surface area contributed by atoms with E-state index in [9.17, 15) is 0 Å². The third-order valence-electron chi connectivity index (χ3n) is 5.26. The van der Waals surface area contributed by atoms with Gasteiger partial charge in [-0.05, 0) is 61.1 Å². The topological polar surface area (TPSA) is 51.8 Å². The second-order valence-corrected chi connectivity index (χ2v) is 6.82. The van der Waals surface area contributed by atoms with Crippen LogP contribution in [0.2, 0.25) is 0 Å². The lowest BCUT2D eigenvalue weighted by Crippen LogP contribution is -2.21. The van der Waals surface area contributed by atoms with E-state index in [1.165, 1.54) is 23.6 Å². The molecule has 1 saturated carbocycles. The molecule has 2 N–H and O–H groups in total. The molecule has 0 aliphatic heterocycles. The van der Waals surface area contributed by atoms with Gasteiger partial charge in [-0.1, -0.05) is 36.4 Å². The zero-order valence-corrected chi connectivity index (χ0v) is 13.9. The molecule has 0 unspecified atom stereocenters. The van der Waals surface area contributed by atoms with Gasteiger partial charge in [0.05, 0.1) is 5.69 Å². The van der Waals surface area contributed by atoms with Crippen LogP contribution in [-0.4, -0.2) is 16.5 Å². The molecule has 0 amide bonds. The molecule has 1 fully saturated rings. The van der Waals surface area contributed by atoms with Gasteiger partial charge in [-0.15, -0.1) is 0 Å². The summed E-state index contributed by atoms with van der Waals surface area (Å²) in [7, 11) is 0. The summed E-state index contributed by atoms with van der Waals surface area (Å²) in [6.45, 7) is 0.810. The van der Waals surface area contributed by atoms with Gasteiger partial charge in [-0.3, -0.25) is 0 Å². The lowest BCUT2D eigenvalue weighted by molar-refractivity contribution is 0.325. The van der Waals surface area contributed by atoms with E-state index in [-0.39, 0.29) is 0 Å². The first-order chi connectivity index (χ1) is 11.8. The average molecular weight is 317 g/mol. The second kappa shape index (κ2) is 6.70. The van der Waals surface area contributed by atoms with Gasteiger partial charge >= 0.3 is 0 Å². The number of fused-ring (bicyclic) bond motifs is 1. The SMILES string of the molecule is NC[C@H]1CC[C@@H](c2nccc(-c3ccc4ccccc4c3)n2)CC1. The smallest absolute Gasteiger partial charge is 0.132 e. The monoisotopic (exact) mass is 317 g/mol. The van der Waals surface area contributed by atoms with Crippen LogP contribution in [0.1, 0.15) is 37.4 Å². The van der Waals surface area contributed by atoms with Crippen molar-refractivity contribution in [1.29, 1.82) is 0 Å². The van der Waals surface area contributed by atoms with Crippen molar-refractivity contribution in [3.05, 3.63) is 60.6 Å². The molecule has 1 aliphatic carbocycles. The fourth-order valence-corrected chi connectivity index (χ4v) is 3.74. The van der Waals surface area contributed by atoms with Crippen molar-refractivity contribution >= 4 is 10.8 Å². The van der Waals surface area contributed by atoms with Crippen LogP contribution in [0.5, 0.6) is 0 Å². The van der Waals surface area contributed by atoms with Gasteiger partial charge in [0.25, 0.3) is 0 Å². The maximum absolute atomic E-state index is 5.80. The first kappa shape index (κ1) is 15.3. The Morgan fingerprint density at radius 2 is 1.71 bits per heavy atom. The second-order valence-electron chi connectivity index (χ2n) is 6.82. The molecule has 0 radical (unpaired) electrons. The summed E-state index contributed by atoms with van der Waals surface area (Å²) in [6.07, 6.45) is 6.61. The first-order valence-corrected chi connectivity index (χ1v) is 8.85. The fraction of sp³-hybridized carbons (Fsp3) is 0.333. The third kappa shape index (κ3) is 3.04. The third-order valence-corrected chi connectivity index (χ3v) is 5.26. The molecule has 1 heterocycles. The zero-order valence-electron chi connectivity index (χ0n) is 13.9. The van der Waals surface area contributed by atoms with E-state index < -0.39 is 0 Å². The molecular formula is C21H23N3. The molecule has 0 spiro atoms. The molecule has 2 aromatic carbocycles. The predicted octanol–water partition coefficient (Wildman–Crippen LogP) is 4.53. The Morgan fingerprint density at radius 3 is 2.50 bits per heavy atom. The van der Waals surface area contributed by atoms with E-state index >= 15 is 0 Å². The van der Waals surface area contributed by atoms with E-state index in [0.29, 0.717) is 11.8 Å². The van der Waals surface area contributed by atoms with Crippen LogP contribution in [-0.2, 0) is 0 Å². The van der Waals surface area contributed by atoms with Crippen LogP contribution in [0.4, 0.5) is 0 Å². The summed E-state index contributed by atoms with van der Waals surface area (Å²) in [5, 5.41) is 2.51.